The maximum atomic E-state index is 13.4. The Morgan fingerprint density at radius 2 is 1.81 bits per heavy atom. The molecule has 2 heterocycles. The van der Waals surface area contributed by atoms with E-state index in [-0.39, 0.29) is 17.3 Å². The van der Waals surface area contributed by atoms with Gasteiger partial charge in [0.05, 0.1) is 40.6 Å². The Morgan fingerprint density at radius 1 is 1.09 bits per heavy atom. The lowest BCUT2D eigenvalue weighted by molar-refractivity contribution is 0.0600. The highest BCUT2D eigenvalue weighted by Gasteiger charge is 2.23. The van der Waals surface area contributed by atoms with E-state index >= 15 is 0 Å². The molecule has 2 aromatic heterocycles. The number of sulfone groups is 1. The SMILES string of the molecule is COC(=O)c1ccc(C(=O)N(Cc2ccco2)c2nc3ccc(S(C)(=O)=O)cc3s2)cc1. The van der Waals surface area contributed by atoms with Crippen LogP contribution in [0.3, 0.4) is 0 Å². The second-order valence-corrected chi connectivity index (χ2v) is 9.96. The molecule has 0 N–H and O–H groups in total. The van der Waals surface area contributed by atoms with Gasteiger partial charge in [0.15, 0.2) is 15.0 Å². The van der Waals surface area contributed by atoms with Crippen LogP contribution in [0.25, 0.3) is 10.2 Å². The molecule has 0 spiro atoms. The van der Waals surface area contributed by atoms with Gasteiger partial charge in [0.1, 0.15) is 5.76 Å². The highest BCUT2D eigenvalue weighted by Crippen LogP contribution is 2.32. The van der Waals surface area contributed by atoms with Gasteiger partial charge in [-0.15, -0.1) is 0 Å². The van der Waals surface area contributed by atoms with Crippen molar-refractivity contribution in [2.24, 2.45) is 0 Å². The maximum absolute atomic E-state index is 13.4. The zero-order valence-electron chi connectivity index (χ0n) is 17.1. The molecule has 0 unspecified atom stereocenters. The van der Waals surface area contributed by atoms with E-state index in [1.807, 2.05) is 0 Å². The largest absolute Gasteiger partial charge is 0.467 e. The Bertz CT molecular complexity index is 1390. The molecule has 2 aromatic carbocycles. The molecule has 0 aliphatic rings. The van der Waals surface area contributed by atoms with Crippen LogP contribution in [0.5, 0.6) is 0 Å². The number of rotatable bonds is 6. The molecule has 164 valence electrons. The van der Waals surface area contributed by atoms with Gasteiger partial charge in [-0.3, -0.25) is 9.69 Å². The number of amides is 1. The second kappa shape index (κ2) is 8.56. The molecule has 4 aromatic rings. The highest BCUT2D eigenvalue weighted by molar-refractivity contribution is 7.90. The van der Waals surface area contributed by atoms with Crippen LogP contribution >= 0.6 is 11.3 Å². The zero-order valence-corrected chi connectivity index (χ0v) is 18.8. The molecule has 0 saturated heterocycles. The average molecular weight is 471 g/mol. The molecule has 0 saturated carbocycles. The number of hydrogen-bond acceptors (Lipinski definition) is 8. The van der Waals surface area contributed by atoms with E-state index in [9.17, 15) is 18.0 Å². The normalized spacial score (nSPS) is 11.4. The van der Waals surface area contributed by atoms with Crippen molar-refractivity contribution in [3.05, 3.63) is 77.7 Å². The van der Waals surface area contributed by atoms with Gasteiger partial charge in [0.25, 0.3) is 5.91 Å². The summed E-state index contributed by atoms with van der Waals surface area (Å²) in [5.74, 6) is -0.287. The predicted molar refractivity (Wildman–Crippen MR) is 120 cm³/mol. The van der Waals surface area contributed by atoms with Crippen LogP contribution in [0.4, 0.5) is 5.13 Å². The van der Waals surface area contributed by atoms with E-state index in [1.165, 1.54) is 47.8 Å². The van der Waals surface area contributed by atoms with Crippen LogP contribution in [0.1, 0.15) is 26.5 Å². The Balaban J connectivity index is 1.73. The van der Waals surface area contributed by atoms with Crippen molar-refractivity contribution >= 4 is 48.4 Å². The van der Waals surface area contributed by atoms with Crippen LogP contribution in [-0.4, -0.2) is 38.6 Å². The number of esters is 1. The number of nitrogens with zero attached hydrogens (tertiary/aromatic N) is 2. The van der Waals surface area contributed by atoms with Gasteiger partial charge in [-0.1, -0.05) is 11.3 Å². The Labute approximate surface area is 188 Å². The first kappa shape index (κ1) is 21.7. The van der Waals surface area contributed by atoms with Gasteiger partial charge >= 0.3 is 5.97 Å². The number of furan rings is 1. The number of methoxy groups -OCH3 is 1. The summed E-state index contributed by atoms with van der Waals surface area (Å²) in [5, 5.41) is 0.393. The Morgan fingerprint density at radius 3 is 2.44 bits per heavy atom. The summed E-state index contributed by atoms with van der Waals surface area (Å²) in [4.78, 5) is 31.2. The fourth-order valence-electron chi connectivity index (χ4n) is 3.05. The first-order chi connectivity index (χ1) is 15.3. The van der Waals surface area contributed by atoms with Gasteiger partial charge in [-0.05, 0) is 54.6 Å². The molecule has 0 aliphatic heterocycles. The lowest BCUT2D eigenvalue weighted by Crippen LogP contribution is -2.30. The number of carbonyl (C=O) groups is 2. The smallest absolute Gasteiger partial charge is 0.337 e. The van der Waals surface area contributed by atoms with Crippen LogP contribution in [0, 0.1) is 0 Å². The molecule has 0 fully saturated rings. The summed E-state index contributed by atoms with van der Waals surface area (Å²) < 4.78 is 34.5. The van der Waals surface area contributed by atoms with Crippen molar-refractivity contribution in [1.29, 1.82) is 0 Å². The Hall–Kier alpha value is -3.50. The molecule has 10 heteroatoms. The summed E-state index contributed by atoms with van der Waals surface area (Å²) >= 11 is 1.21. The third-order valence-corrected chi connectivity index (χ3v) is 6.85. The number of anilines is 1. The third-order valence-electron chi connectivity index (χ3n) is 4.70. The molecule has 8 nitrogen and oxygen atoms in total. The van der Waals surface area contributed by atoms with Gasteiger partial charge in [0, 0.05) is 11.8 Å². The second-order valence-electron chi connectivity index (χ2n) is 6.94. The summed E-state index contributed by atoms with van der Waals surface area (Å²) in [6.45, 7) is 0.128. The summed E-state index contributed by atoms with van der Waals surface area (Å²) in [6.07, 6.45) is 2.65. The summed E-state index contributed by atoms with van der Waals surface area (Å²) in [5.41, 5.74) is 1.26. The van der Waals surface area contributed by atoms with Gasteiger partial charge < -0.3 is 9.15 Å². The van der Waals surface area contributed by atoms with E-state index in [2.05, 4.69) is 4.98 Å². The fraction of sp³-hybridized carbons (Fsp3) is 0.136. The monoisotopic (exact) mass is 470 g/mol. The molecule has 1 amide bonds. The molecule has 0 radical (unpaired) electrons. The van der Waals surface area contributed by atoms with Crippen molar-refractivity contribution in [3.8, 4) is 0 Å². The van der Waals surface area contributed by atoms with Crippen LogP contribution in [0.15, 0.2) is 70.2 Å². The third kappa shape index (κ3) is 4.41. The average Bonchev–Trinajstić information content (AvgIpc) is 3.44. The first-order valence-electron chi connectivity index (χ1n) is 9.39. The first-order valence-corrected chi connectivity index (χ1v) is 12.1. The standard InChI is InChI=1S/C22H18N2O6S2/c1-29-21(26)15-7-5-14(6-8-15)20(25)24(13-16-4-3-11-30-16)22-23-18-10-9-17(32(2,27)28)12-19(18)31-22/h3-12H,13H2,1-2H3. The minimum atomic E-state index is -3.37. The molecule has 0 atom stereocenters. The van der Waals surface area contributed by atoms with Gasteiger partial charge in [0.2, 0.25) is 0 Å². The maximum Gasteiger partial charge on any atom is 0.337 e. The number of fused-ring (bicyclic) bond motifs is 1. The van der Waals surface area contributed by atoms with E-state index in [0.29, 0.717) is 32.2 Å². The minimum absolute atomic E-state index is 0.128. The minimum Gasteiger partial charge on any atom is -0.467 e. The van der Waals surface area contributed by atoms with E-state index in [4.69, 9.17) is 9.15 Å². The van der Waals surface area contributed by atoms with Crippen molar-refractivity contribution in [2.75, 3.05) is 18.3 Å². The number of hydrogen-bond donors (Lipinski definition) is 0. The number of carbonyl (C=O) groups excluding carboxylic acids is 2. The predicted octanol–water partition coefficient (Wildman–Crippen LogP) is 3.93. The Kier molecular flexibility index (Phi) is 5.81. The molecular weight excluding hydrogens is 452 g/mol. The molecule has 32 heavy (non-hydrogen) atoms. The summed E-state index contributed by atoms with van der Waals surface area (Å²) in [7, 11) is -2.09. The van der Waals surface area contributed by atoms with Crippen molar-refractivity contribution in [3.63, 3.8) is 0 Å². The topological polar surface area (TPSA) is 107 Å². The van der Waals surface area contributed by atoms with Gasteiger partial charge in [-0.2, -0.15) is 0 Å². The highest BCUT2D eigenvalue weighted by atomic mass is 32.2. The van der Waals surface area contributed by atoms with E-state index < -0.39 is 15.8 Å². The van der Waals surface area contributed by atoms with Crippen LogP contribution < -0.4 is 4.90 Å². The van der Waals surface area contributed by atoms with Crippen molar-refractivity contribution in [1.82, 2.24) is 4.98 Å². The molecule has 0 aliphatic carbocycles. The molecule has 4 rings (SSSR count). The lowest BCUT2D eigenvalue weighted by Gasteiger charge is -2.19. The number of benzene rings is 2. The lowest BCUT2D eigenvalue weighted by atomic mass is 10.1. The van der Waals surface area contributed by atoms with Crippen LogP contribution in [0.2, 0.25) is 0 Å². The number of aromatic nitrogens is 1. The van der Waals surface area contributed by atoms with Gasteiger partial charge in [-0.25, -0.2) is 18.2 Å². The number of ether oxygens (including phenoxy) is 1. The number of thiazole rings is 1. The molecule has 0 bridgehead atoms. The van der Waals surface area contributed by atoms with Crippen molar-refractivity contribution < 1.29 is 27.2 Å². The fourth-order valence-corrected chi connectivity index (χ4v) is 4.77. The quantitative estimate of drug-likeness (QED) is 0.393. The zero-order chi connectivity index (χ0) is 22.9. The van der Waals surface area contributed by atoms with Crippen LogP contribution in [-0.2, 0) is 21.1 Å². The van der Waals surface area contributed by atoms with E-state index in [1.54, 1.807) is 36.4 Å². The molecular formula is C22H18N2O6S2. The summed E-state index contributed by atoms with van der Waals surface area (Å²) in [6, 6.07) is 14.2. The van der Waals surface area contributed by atoms with Crippen molar-refractivity contribution in [2.45, 2.75) is 11.4 Å². The van der Waals surface area contributed by atoms with E-state index in [0.717, 1.165) is 6.26 Å².